The first kappa shape index (κ1) is 26.9. The van der Waals surface area contributed by atoms with Crippen LogP contribution in [0.15, 0.2) is 60.7 Å². The highest BCUT2D eigenvalue weighted by molar-refractivity contribution is 5.93. The molecular weight excluding hydrogens is 464 g/mol. The molecule has 8 heteroatoms. The van der Waals surface area contributed by atoms with Gasteiger partial charge >= 0.3 is 23.9 Å². The number of rotatable bonds is 12. The Morgan fingerprint density at radius 2 is 0.889 bits per heavy atom. The Labute approximate surface area is 209 Å². The van der Waals surface area contributed by atoms with Crippen LogP contribution in [0.1, 0.15) is 61.5 Å². The molecule has 0 aliphatic heterocycles. The van der Waals surface area contributed by atoms with Crippen LogP contribution in [0.3, 0.4) is 0 Å². The molecule has 8 nitrogen and oxygen atoms in total. The molecule has 0 bridgehead atoms. The second kappa shape index (κ2) is 12.3. The SMILES string of the molecule is O=C(O)C(CCC1C(c2ccccc2)CCC(c2ccccc2)C1CCC(C(=O)O)C(=O)O)C(=O)O. The lowest BCUT2D eigenvalue weighted by Gasteiger charge is -2.45. The largest absolute Gasteiger partial charge is 0.481 e. The van der Waals surface area contributed by atoms with E-state index in [4.69, 9.17) is 0 Å². The number of hydrogen-bond acceptors (Lipinski definition) is 4. The normalized spacial score (nSPS) is 21.8. The minimum atomic E-state index is -1.54. The van der Waals surface area contributed by atoms with Crippen LogP contribution in [-0.2, 0) is 19.2 Å². The first-order valence-electron chi connectivity index (χ1n) is 12.2. The van der Waals surface area contributed by atoms with Crippen molar-refractivity contribution in [3.8, 4) is 0 Å². The van der Waals surface area contributed by atoms with Crippen molar-refractivity contribution in [1.29, 1.82) is 0 Å². The molecule has 0 spiro atoms. The highest BCUT2D eigenvalue weighted by atomic mass is 16.4. The molecule has 36 heavy (non-hydrogen) atoms. The lowest BCUT2D eigenvalue weighted by atomic mass is 9.60. The molecule has 4 unspecified atom stereocenters. The van der Waals surface area contributed by atoms with Gasteiger partial charge in [0.25, 0.3) is 0 Å². The fourth-order valence-corrected chi connectivity index (χ4v) is 5.87. The quantitative estimate of drug-likeness (QED) is 0.309. The van der Waals surface area contributed by atoms with Crippen molar-refractivity contribution in [2.45, 2.75) is 50.4 Å². The van der Waals surface area contributed by atoms with Crippen molar-refractivity contribution in [3.63, 3.8) is 0 Å². The van der Waals surface area contributed by atoms with Gasteiger partial charge in [-0.2, -0.15) is 0 Å². The van der Waals surface area contributed by atoms with Gasteiger partial charge in [-0.15, -0.1) is 0 Å². The van der Waals surface area contributed by atoms with Gasteiger partial charge in [-0.25, -0.2) is 0 Å². The number of carboxylic acid groups (broad SMARTS) is 4. The minimum Gasteiger partial charge on any atom is -0.481 e. The van der Waals surface area contributed by atoms with Crippen LogP contribution >= 0.6 is 0 Å². The van der Waals surface area contributed by atoms with Crippen molar-refractivity contribution in [3.05, 3.63) is 71.8 Å². The molecule has 2 aromatic rings. The first-order valence-corrected chi connectivity index (χ1v) is 12.2. The average molecular weight is 497 g/mol. The Hall–Kier alpha value is -3.68. The number of hydrogen-bond donors (Lipinski definition) is 4. The predicted octanol–water partition coefficient (Wildman–Crippen LogP) is 4.71. The molecule has 1 fully saturated rings. The van der Waals surface area contributed by atoms with E-state index >= 15 is 0 Å². The fraction of sp³-hybridized carbons (Fsp3) is 0.429. The lowest BCUT2D eigenvalue weighted by molar-refractivity contribution is -0.157. The van der Waals surface area contributed by atoms with E-state index in [0.717, 1.165) is 24.0 Å². The third-order valence-corrected chi connectivity index (χ3v) is 7.60. The summed E-state index contributed by atoms with van der Waals surface area (Å²) >= 11 is 0. The highest BCUT2D eigenvalue weighted by Crippen LogP contribution is 2.52. The van der Waals surface area contributed by atoms with E-state index in [2.05, 4.69) is 0 Å². The number of carboxylic acids is 4. The summed E-state index contributed by atoms with van der Waals surface area (Å²) < 4.78 is 0. The lowest BCUT2D eigenvalue weighted by Crippen LogP contribution is -2.35. The van der Waals surface area contributed by atoms with E-state index in [0.29, 0.717) is 12.8 Å². The Kier molecular flexibility index (Phi) is 9.22. The average Bonchev–Trinajstić information content (AvgIpc) is 2.84. The van der Waals surface area contributed by atoms with Crippen molar-refractivity contribution >= 4 is 23.9 Å². The molecule has 0 heterocycles. The molecule has 1 saturated carbocycles. The van der Waals surface area contributed by atoms with E-state index in [1.807, 2.05) is 60.7 Å². The zero-order chi connectivity index (χ0) is 26.2. The van der Waals surface area contributed by atoms with E-state index in [-0.39, 0.29) is 36.5 Å². The Morgan fingerprint density at radius 1 is 0.583 bits per heavy atom. The summed E-state index contributed by atoms with van der Waals surface area (Å²) in [4.78, 5) is 46.3. The third-order valence-electron chi connectivity index (χ3n) is 7.60. The molecule has 2 aromatic carbocycles. The molecule has 1 aliphatic rings. The van der Waals surface area contributed by atoms with Gasteiger partial charge in [0.2, 0.25) is 0 Å². The molecule has 0 amide bonds. The van der Waals surface area contributed by atoms with Crippen LogP contribution < -0.4 is 0 Å². The topological polar surface area (TPSA) is 149 Å². The Bertz CT molecular complexity index is 938. The summed E-state index contributed by atoms with van der Waals surface area (Å²) in [5, 5.41) is 37.8. The van der Waals surface area contributed by atoms with E-state index in [9.17, 15) is 39.6 Å². The zero-order valence-electron chi connectivity index (χ0n) is 19.9. The van der Waals surface area contributed by atoms with Crippen LogP contribution in [0.4, 0.5) is 0 Å². The van der Waals surface area contributed by atoms with Gasteiger partial charge in [0.1, 0.15) is 0 Å². The number of aliphatic carboxylic acids is 4. The van der Waals surface area contributed by atoms with Crippen LogP contribution in [-0.4, -0.2) is 44.3 Å². The van der Waals surface area contributed by atoms with Crippen LogP contribution in [0.25, 0.3) is 0 Å². The van der Waals surface area contributed by atoms with Crippen LogP contribution in [0, 0.1) is 23.7 Å². The summed E-state index contributed by atoms with van der Waals surface area (Å²) in [5.74, 6) is -8.86. The van der Waals surface area contributed by atoms with Crippen molar-refractivity contribution in [1.82, 2.24) is 0 Å². The Balaban J connectivity index is 2.00. The van der Waals surface area contributed by atoms with Gasteiger partial charge in [0.05, 0.1) is 0 Å². The molecular formula is C28H32O8. The number of benzene rings is 2. The molecule has 0 radical (unpaired) electrons. The van der Waals surface area contributed by atoms with Gasteiger partial charge in [-0.05, 0) is 73.3 Å². The minimum absolute atomic E-state index is 0.0208. The van der Waals surface area contributed by atoms with Gasteiger partial charge < -0.3 is 20.4 Å². The predicted molar refractivity (Wildman–Crippen MR) is 131 cm³/mol. The fourth-order valence-electron chi connectivity index (χ4n) is 5.87. The molecule has 1 aliphatic carbocycles. The molecule has 192 valence electrons. The maximum Gasteiger partial charge on any atom is 0.317 e. The Morgan fingerprint density at radius 3 is 1.17 bits per heavy atom. The van der Waals surface area contributed by atoms with Crippen molar-refractivity contribution in [2.24, 2.45) is 23.7 Å². The van der Waals surface area contributed by atoms with Crippen molar-refractivity contribution < 1.29 is 39.6 Å². The maximum absolute atomic E-state index is 11.6. The van der Waals surface area contributed by atoms with Crippen LogP contribution in [0.5, 0.6) is 0 Å². The molecule has 4 N–H and O–H groups in total. The summed E-state index contributed by atoms with van der Waals surface area (Å²) in [6, 6.07) is 19.5. The monoisotopic (exact) mass is 496 g/mol. The maximum atomic E-state index is 11.6. The highest BCUT2D eigenvalue weighted by Gasteiger charge is 2.42. The van der Waals surface area contributed by atoms with E-state index < -0.39 is 35.7 Å². The zero-order valence-corrected chi connectivity index (χ0v) is 19.9. The van der Waals surface area contributed by atoms with Gasteiger partial charge in [0.15, 0.2) is 11.8 Å². The molecule has 3 rings (SSSR count). The smallest absolute Gasteiger partial charge is 0.317 e. The van der Waals surface area contributed by atoms with Gasteiger partial charge in [0, 0.05) is 0 Å². The summed E-state index contributed by atoms with van der Waals surface area (Å²) in [6.07, 6.45) is 2.13. The van der Waals surface area contributed by atoms with Crippen molar-refractivity contribution in [2.75, 3.05) is 0 Å². The summed E-state index contributed by atoms with van der Waals surface area (Å²) in [7, 11) is 0. The second-order valence-corrected chi connectivity index (χ2v) is 9.55. The molecule has 0 saturated heterocycles. The van der Waals surface area contributed by atoms with Crippen LogP contribution in [0.2, 0.25) is 0 Å². The second-order valence-electron chi connectivity index (χ2n) is 9.55. The standard InChI is InChI=1S/C28H32O8/c29-25(30)23(26(31)32)15-13-21-19(17-7-3-1-4-8-17)11-12-20(18-9-5-2-6-10-18)22(21)14-16-24(27(33)34)28(35)36/h1-10,19-24H,11-16H2,(H,29,30)(H,31,32)(H,33,34)(H,35,36). The molecule has 0 aromatic heterocycles. The summed E-state index contributed by atoms with van der Waals surface area (Å²) in [5.41, 5.74) is 2.13. The van der Waals surface area contributed by atoms with Gasteiger partial charge in [-0.1, -0.05) is 60.7 Å². The third kappa shape index (κ3) is 6.50. The summed E-state index contributed by atoms with van der Waals surface area (Å²) in [6.45, 7) is 0. The van der Waals surface area contributed by atoms with E-state index in [1.165, 1.54) is 0 Å². The number of carbonyl (C=O) groups is 4. The van der Waals surface area contributed by atoms with Gasteiger partial charge in [-0.3, -0.25) is 19.2 Å². The first-order chi connectivity index (χ1) is 17.2. The van der Waals surface area contributed by atoms with E-state index in [1.54, 1.807) is 0 Å². The molecule has 4 atom stereocenters.